The quantitative estimate of drug-likeness (QED) is 0.510. The lowest BCUT2D eigenvalue weighted by molar-refractivity contribution is -0.117. The normalized spacial score (nSPS) is 16.9. The zero-order chi connectivity index (χ0) is 24.9. The molecule has 2 N–H and O–H groups in total. The maximum absolute atomic E-state index is 12.8. The number of benzene rings is 3. The maximum atomic E-state index is 12.8. The summed E-state index contributed by atoms with van der Waals surface area (Å²) >= 11 is 0. The second-order valence-corrected chi connectivity index (χ2v) is 8.81. The summed E-state index contributed by atoms with van der Waals surface area (Å²) < 4.78 is 16.6. The van der Waals surface area contributed by atoms with Crippen LogP contribution in [0.2, 0.25) is 0 Å². The van der Waals surface area contributed by atoms with Crippen molar-refractivity contribution in [3.05, 3.63) is 77.9 Å². The Morgan fingerprint density at radius 1 is 0.972 bits per heavy atom. The summed E-state index contributed by atoms with van der Waals surface area (Å²) in [5.74, 6) is 1.78. The molecule has 2 amide bonds. The highest BCUT2D eigenvalue weighted by Gasteiger charge is 2.28. The molecule has 186 valence electrons. The van der Waals surface area contributed by atoms with Crippen LogP contribution in [0.3, 0.4) is 0 Å². The van der Waals surface area contributed by atoms with E-state index in [0.717, 1.165) is 36.4 Å². The van der Waals surface area contributed by atoms with Gasteiger partial charge in [-0.15, -0.1) is 0 Å². The molecule has 8 nitrogen and oxygen atoms in total. The van der Waals surface area contributed by atoms with Crippen molar-refractivity contribution >= 4 is 23.2 Å². The number of methoxy groups -OCH3 is 1. The van der Waals surface area contributed by atoms with Crippen LogP contribution >= 0.6 is 0 Å². The standard InChI is InChI=1S/C28H29N3O5/c1-34-24-7-3-2-5-22(24)30-28(33)19-8-11-21(12-9-19)29-27(32)18-31-14-4-6-23(31)20-10-13-25-26(17-20)36-16-15-35-25/h2-3,5,7-13,17,23H,4,6,14-16,18H2,1H3,(H,29,32)(H,30,33)/t23-/m1/s1. The molecule has 5 rings (SSSR count). The van der Waals surface area contributed by atoms with Gasteiger partial charge in [0.15, 0.2) is 11.5 Å². The van der Waals surface area contributed by atoms with E-state index in [9.17, 15) is 9.59 Å². The fraction of sp³-hybridized carbons (Fsp3) is 0.286. The Kier molecular flexibility index (Phi) is 7.04. The van der Waals surface area contributed by atoms with Crippen LogP contribution in [0.15, 0.2) is 66.7 Å². The molecule has 8 heteroatoms. The number of hydrogen-bond acceptors (Lipinski definition) is 6. The highest BCUT2D eigenvalue weighted by atomic mass is 16.6. The average molecular weight is 488 g/mol. The Morgan fingerprint density at radius 2 is 1.75 bits per heavy atom. The van der Waals surface area contributed by atoms with Gasteiger partial charge in [-0.05, 0) is 73.5 Å². The number of rotatable bonds is 7. The zero-order valence-electron chi connectivity index (χ0n) is 20.2. The predicted octanol–water partition coefficient (Wildman–Crippen LogP) is 4.49. The summed E-state index contributed by atoms with van der Waals surface area (Å²) in [5, 5.41) is 5.80. The molecule has 1 atom stereocenters. The molecule has 1 saturated heterocycles. The molecule has 0 spiro atoms. The molecule has 3 aromatic rings. The number of amides is 2. The smallest absolute Gasteiger partial charge is 0.255 e. The summed E-state index contributed by atoms with van der Waals surface area (Å²) in [6.45, 7) is 2.26. The van der Waals surface area contributed by atoms with Crippen LogP contribution in [0.25, 0.3) is 0 Å². The van der Waals surface area contributed by atoms with E-state index in [2.05, 4.69) is 21.6 Å². The summed E-state index contributed by atoms with van der Waals surface area (Å²) in [5.41, 5.74) is 2.86. The van der Waals surface area contributed by atoms with E-state index in [4.69, 9.17) is 14.2 Å². The molecule has 0 aromatic heterocycles. The van der Waals surface area contributed by atoms with Gasteiger partial charge in [0.05, 0.1) is 19.3 Å². The minimum absolute atomic E-state index is 0.0920. The summed E-state index contributed by atoms with van der Waals surface area (Å²) in [6, 6.07) is 20.3. The number of anilines is 2. The lowest BCUT2D eigenvalue weighted by Crippen LogP contribution is -2.33. The fourth-order valence-electron chi connectivity index (χ4n) is 4.69. The molecule has 1 fully saturated rings. The van der Waals surface area contributed by atoms with E-state index in [0.29, 0.717) is 35.9 Å². The first kappa shape index (κ1) is 23.7. The SMILES string of the molecule is COc1ccccc1NC(=O)c1ccc(NC(=O)CN2CCC[C@@H]2c2ccc3c(c2)OCCO3)cc1. The van der Waals surface area contributed by atoms with Gasteiger partial charge in [0, 0.05) is 17.3 Å². The number of ether oxygens (including phenoxy) is 3. The van der Waals surface area contributed by atoms with Crippen LogP contribution in [0.1, 0.15) is 34.8 Å². The number of fused-ring (bicyclic) bond motifs is 1. The molecule has 0 bridgehead atoms. The topological polar surface area (TPSA) is 89.1 Å². The monoisotopic (exact) mass is 487 g/mol. The number of nitrogens with zero attached hydrogens (tertiary/aromatic N) is 1. The lowest BCUT2D eigenvalue weighted by atomic mass is 10.0. The first-order valence-corrected chi connectivity index (χ1v) is 12.1. The van der Waals surface area contributed by atoms with Gasteiger partial charge in [-0.1, -0.05) is 18.2 Å². The molecule has 2 aliphatic heterocycles. The highest BCUT2D eigenvalue weighted by Crippen LogP contribution is 2.38. The van der Waals surface area contributed by atoms with Gasteiger partial charge in [-0.25, -0.2) is 0 Å². The van der Waals surface area contributed by atoms with E-state index in [1.165, 1.54) is 0 Å². The van der Waals surface area contributed by atoms with E-state index in [1.54, 1.807) is 43.5 Å². The van der Waals surface area contributed by atoms with E-state index in [-0.39, 0.29) is 24.4 Å². The molecule has 0 radical (unpaired) electrons. The van der Waals surface area contributed by atoms with Crippen LogP contribution in [0.5, 0.6) is 17.2 Å². The number of carbonyl (C=O) groups excluding carboxylic acids is 2. The summed E-state index contributed by atoms with van der Waals surface area (Å²) in [4.78, 5) is 27.6. The Labute approximate surface area is 210 Å². The number of nitrogens with one attached hydrogen (secondary N) is 2. The first-order valence-electron chi connectivity index (χ1n) is 12.1. The van der Waals surface area contributed by atoms with E-state index < -0.39 is 0 Å². The Bertz CT molecular complexity index is 1240. The van der Waals surface area contributed by atoms with E-state index in [1.807, 2.05) is 24.3 Å². The number of likely N-dealkylation sites (tertiary alicyclic amines) is 1. The van der Waals surface area contributed by atoms with Crippen LogP contribution in [-0.2, 0) is 4.79 Å². The summed E-state index contributed by atoms with van der Waals surface area (Å²) in [7, 11) is 1.56. The van der Waals surface area contributed by atoms with Crippen LogP contribution in [0.4, 0.5) is 11.4 Å². The average Bonchev–Trinajstić information content (AvgIpc) is 3.37. The Hall–Kier alpha value is -4.04. The fourth-order valence-corrected chi connectivity index (χ4v) is 4.69. The van der Waals surface area contributed by atoms with Gasteiger partial charge in [-0.2, -0.15) is 0 Å². The maximum Gasteiger partial charge on any atom is 0.255 e. The molecule has 3 aromatic carbocycles. The second kappa shape index (κ2) is 10.7. The summed E-state index contributed by atoms with van der Waals surface area (Å²) in [6.07, 6.45) is 2.02. The van der Waals surface area contributed by atoms with Crippen LogP contribution in [-0.4, -0.2) is 50.1 Å². The van der Waals surface area contributed by atoms with Crippen molar-refractivity contribution in [3.8, 4) is 17.2 Å². The predicted molar refractivity (Wildman–Crippen MR) is 137 cm³/mol. The molecule has 0 aliphatic carbocycles. The van der Waals surface area contributed by atoms with Crippen molar-refractivity contribution in [2.45, 2.75) is 18.9 Å². The lowest BCUT2D eigenvalue weighted by Gasteiger charge is -2.26. The van der Waals surface area contributed by atoms with Crippen molar-refractivity contribution < 1.29 is 23.8 Å². The van der Waals surface area contributed by atoms with Crippen molar-refractivity contribution in [2.75, 3.05) is 44.0 Å². The van der Waals surface area contributed by atoms with Gasteiger partial charge < -0.3 is 24.8 Å². The number of para-hydroxylation sites is 2. The van der Waals surface area contributed by atoms with Gasteiger partial charge in [0.25, 0.3) is 5.91 Å². The minimum atomic E-state index is -0.253. The highest BCUT2D eigenvalue weighted by molar-refractivity contribution is 6.05. The van der Waals surface area contributed by atoms with Gasteiger partial charge in [0.1, 0.15) is 19.0 Å². The molecule has 2 heterocycles. The zero-order valence-corrected chi connectivity index (χ0v) is 20.2. The third kappa shape index (κ3) is 5.28. The van der Waals surface area contributed by atoms with Crippen LogP contribution in [0, 0.1) is 0 Å². The molecule has 2 aliphatic rings. The largest absolute Gasteiger partial charge is 0.495 e. The molecular formula is C28H29N3O5. The first-order chi connectivity index (χ1) is 17.6. The number of hydrogen-bond donors (Lipinski definition) is 2. The van der Waals surface area contributed by atoms with Crippen LogP contribution < -0.4 is 24.8 Å². The third-order valence-electron chi connectivity index (χ3n) is 6.45. The van der Waals surface area contributed by atoms with Crippen molar-refractivity contribution in [1.29, 1.82) is 0 Å². The van der Waals surface area contributed by atoms with Crippen molar-refractivity contribution in [3.63, 3.8) is 0 Å². The minimum Gasteiger partial charge on any atom is -0.495 e. The second-order valence-electron chi connectivity index (χ2n) is 8.81. The molecule has 0 unspecified atom stereocenters. The van der Waals surface area contributed by atoms with Gasteiger partial charge in [0.2, 0.25) is 5.91 Å². The molecule has 36 heavy (non-hydrogen) atoms. The molecular weight excluding hydrogens is 458 g/mol. The Balaban J connectivity index is 1.18. The Morgan fingerprint density at radius 3 is 2.56 bits per heavy atom. The van der Waals surface area contributed by atoms with Gasteiger partial charge >= 0.3 is 0 Å². The van der Waals surface area contributed by atoms with Crippen molar-refractivity contribution in [1.82, 2.24) is 4.90 Å². The van der Waals surface area contributed by atoms with Crippen molar-refractivity contribution in [2.24, 2.45) is 0 Å². The van der Waals surface area contributed by atoms with Gasteiger partial charge in [-0.3, -0.25) is 14.5 Å². The molecule has 0 saturated carbocycles. The third-order valence-corrected chi connectivity index (χ3v) is 6.45. The van der Waals surface area contributed by atoms with E-state index >= 15 is 0 Å². The number of carbonyl (C=O) groups is 2.